The number of nitrogens with zero attached hydrogens (tertiary/aromatic N) is 3. The fourth-order valence-electron chi connectivity index (χ4n) is 3.37. The van der Waals surface area contributed by atoms with Crippen molar-refractivity contribution in [3.8, 4) is 11.4 Å². The average molecular weight is 392 g/mol. The fraction of sp³-hybridized carbons (Fsp3) is 0.273. The van der Waals surface area contributed by atoms with Crippen molar-refractivity contribution in [1.29, 1.82) is 0 Å². The third kappa shape index (κ3) is 4.25. The van der Waals surface area contributed by atoms with Crippen LogP contribution in [0.25, 0.3) is 5.69 Å². The lowest BCUT2D eigenvalue weighted by atomic mass is 10.1. The summed E-state index contributed by atoms with van der Waals surface area (Å²) in [5, 5.41) is 16.2. The molecule has 1 aliphatic heterocycles. The molecule has 4 rings (SSSR count). The summed E-state index contributed by atoms with van der Waals surface area (Å²) in [4.78, 5) is 14.7. The maximum Gasteiger partial charge on any atom is 0.263 e. The van der Waals surface area contributed by atoms with E-state index in [1.165, 1.54) is 0 Å². The molecule has 1 aliphatic rings. The van der Waals surface area contributed by atoms with E-state index in [9.17, 15) is 9.90 Å². The van der Waals surface area contributed by atoms with Crippen LogP contribution >= 0.6 is 0 Å². The zero-order chi connectivity index (χ0) is 20.2. The smallest absolute Gasteiger partial charge is 0.263 e. The Morgan fingerprint density at radius 2 is 2.03 bits per heavy atom. The van der Waals surface area contributed by atoms with Gasteiger partial charge in [0.25, 0.3) is 5.91 Å². The quantitative estimate of drug-likeness (QED) is 0.672. The Balaban J connectivity index is 1.53. The van der Waals surface area contributed by atoms with Crippen LogP contribution in [0.1, 0.15) is 12.5 Å². The molecule has 7 nitrogen and oxygen atoms in total. The zero-order valence-electron chi connectivity index (χ0n) is 16.2. The summed E-state index contributed by atoms with van der Waals surface area (Å²) in [6, 6.07) is 17.5. The summed E-state index contributed by atoms with van der Waals surface area (Å²) in [6.45, 7) is 2.73. The Kier molecular flexibility index (Phi) is 5.48. The normalized spacial score (nSPS) is 16.6. The number of aromatic nitrogens is 2. The first-order chi connectivity index (χ1) is 14.1. The number of hydrogen-bond acceptors (Lipinski definition) is 5. The van der Waals surface area contributed by atoms with E-state index in [1.54, 1.807) is 13.1 Å². The molecule has 0 fully saturated rings. The Morgan fingerprint density at radius 1 is 1.24 bits per heavy atom. The number of hydrogen-bond donors (Lipinski definition) is 2. The maximum absolute atomic E-state index is 12.6. The van der Waals surface area contributed by atoms with E-state index in [0.29, 0.717) is 18.8 Å². The molecule has 7 heteroatoms. The van der Waals surface area contributed by atoms with E-state index in [0.717, 1.165) is 16.9 Å². The monoisotopic (exact) mass is 392 g/mol. The predicted octanol–water partition coefficient (Wildman–Crippen LogP) is 2.14. The van der Waals surface area contributed by atoms with E-state index in [1.807, 2.05) is 53.3 Å². The SMILES string of the molecule is CC(CO)NC(=O)C1CN(Cc2ccc(-n3cccn3)cc2)c2ccccc2O1. The number of carbonyl (C=O) groups is 1. The number of ether oxygens (including phenoxy) is 1. The van der Waals surface area contributed by atoms with E-state index < -0.39 is 6.10 Å². The lowest BCUT2D eigenvalue weighted by molar-refractivity contribution is -0.128. The summed E-state index contributed by atoms with van der Waals surface area (Å²) in [5.74, 6) is 0.462. The van der Waals surface area contributed by atoms with Crippen molar-refractivity contribution in [2.24, 2.45) is 0 Å². The molecule has 2 unspecified atom stereocenters. The lowest BCUT2D eigenvalue weighted by Gasteiger charge is -2.36. The van der Waals surface area contributed by atoms with Gasteiger partial charge in [-0.15, -0.1) is 0 Å². The van der Waals surface area contributed by atoms with Gasteiger partial charge in [-0.3, -0.25) is 4.79 Å². The van der Waals surface area contributed by atoms with Crippen LogP contribution in [0.5, 0.6) is 5.75 Å². The molecule has 1 amide bonds. The molecular weight excluding hydrogens is 368 g/mol. The number of carbonyl (C=O) groups excluding carboxylic acids is 1. The second kappa shape index (κ2) is 8.36. The third-order valence-electron chi connectivity index (χ3n) is 4.90. The standard InChI is InChI=1S/C22H24N4O3/c1-16(15-27)24-22(28)21-14-25(19-5-2-3-6-20(19)29-21)13-17-7-9-18(10-8-17)26-12-4-11-23-26/h2-12,16,21,27H,13-15H2,1H3,(H,24,28). The van der Waals surface area contributed by atoms with Crippen LogP contribution in [0.3, 0.4) is 0 Å². The molecule has 0 saturated heterocycles. The number of anilines is 1. The second-order valence-electron chi connectivity index (χ2n) is 7.16. The van der Waals surface area contributed by atoms with Crippen molar-refractivity contribution < 1.29 is 14.6 Å². The van der Waals surface area contributed by atoms with Crippen LogP contribution in [0, 0.1) is 0 Å². The first kappa shape index (κ1) is 19.0. The molecule has 29 heavy (non-hydrogen) atoms. The highest BCUT2D eigenvalue weighted by Crippen LogP contribution is 2.34. The Morgan fingerprint density at radius 3 is 2.76 bits per heavy atom. The van der Waals surface area contributed by atoms with Gasteiger partial charge in [-0.1, -0.05) is 24.3 Å². The molecule has 3 aromatic rings. The largest absolute Gasteiger partial charge is 0.477 e. The molecular formula is C22H24N4O3. The Bertz CT molecular complexity index is 956. The molecule has 0 aliphatic carbocycles. The van der Waals surface area contributed by atoms with Crippen LogP contribution in [-0.4, -0.2) is 46.1 Å². The average Bonchev–Trinajstić information content (AvgIpc) is 3.29. The summed E-state index contributed by atoms with van der Waals surface area (Å²) in [6.07, 6.45) is 3.02. The second-order valence-corrected chi connectivity index (χ2v) is 7.16. The zero-order valence-corrected chi connectivity index (χ0v) is 16.2. The third-order valence-corrected chi connectivity index (χ3v) is 4.90. The van der Waals surface area contributed by atoms with Crippen molar-refractivity contribution in [1.82, 2.24) is 15.1 Å². The van der Waals surface area contributed by atoms with Gasteiger partial charge in [0.2, 0.25) is 0 Å². The van der Waals surface area contributed by atoms with Gasteiger partial charge in [-0.2, -0.15) is 5.10 Å². The summed E-state index contributed by atoms with van der Waals surface area (Å²) in [5.41, 5.74) is 3.08. The first-order valence-electron chi connectivity index (χ1n) is 9.65. The number of fused-ring (bicyclic) bond motifs is 1. The number of nitrogens with one attached hydrogen (secondary N) is 1. The molecule has 2 heterocycles. The molecule has 2 N–H and O–H groups in total. The molecule has 0 saturated carbocycles. The highest BCUT2D eigenvalue weighted by molar-refractivity contribution is 5.83. The minimum Gasteiger partial charge on any atom is -0.477 e. The van der Waals surface area contributed by atoms with Gasteiger partial charge < -0.3 is 20.1 Å². The molecule has 1 aromatic heterocycles. The maximum atomic E-state index is 12.6. The van der Waals surface area contributed by atoms with E-state index in [4.69, 9.17) is 4.74 Å². The molecule has 2 atom stereocenters. The van der Waals surface area contributed by atoms with Gasteiger partial charge in [0, 0.05) is 25.0 Å². The first-order valence-corrected chi connectivity index (χ1v) is 9.65. The molecule has 0 radical (unpaired) electrons. The minimum atomic E-state index is -0.637. The number of para-hydroxylation sites is 2. The summed E-state index contributed by atoms with van der Waals surface area (Å²) in [7, 11) is 0. The van der Waals surface area contributed by atoms with Crippen molar-refractivity contribution in [2.45, 2.75) is 25.6 Å². The van der Waals surface area contributed by atoms with Gasteiger partial charge in [-0.25, -0.2) is 4.68 Å². The molecule has 2 aromatic carbocycles. The van der Waals surface area contributed by atoms with Crippen molar-refractivity contribution >= 4 is 11.6 Å². The van der Waals surface area contributed by atoms with Gasteiger partial charge in [0.15, 0.2) is 6.10 Å². The van der Waals surface area contributed by atoms with E-state index in [-0.39, 0.29) is 18.6 Å². The van der Waals surface area contributed by atoms with Crippen LogP contribution in [0.4, 0.5) is 5.69 Å². The van der Waals surface area contributed by atoms with Crippen LogP contribution in [-0.2, 0) is 11.3 Å². The topological polar surface area (TPSA) is 79.6 Å². The van der Waals surface area contributed by atoms with Crippen LogP contribution in [0.15, 0.2) is 67.0 Å². The predicted molar refractivity (Wildman–Crippen MR) is 110 cm³/mol. The number of rotatable bonds is 6. The number of aliphatic hydroxyl groups is 1. The number of amides is 1. The molecule has 150 valence electrons. The van der Waals surface area contributed by atoms with Gasteiger partial charge >= 0.3 is 0 Å². The van der Waals surface area contributed by atoms with Crippen molar-refractivity contribution in [3.05, 3.63) is 72.6 Å². The Labute approximate surface area is 169 Å². The van der Waals surface area contributed by atoms with Crippen molar-refractivity contribution in [2.75, 3.05) is 18.1 Å². The van der Waals surface area contributed by atoms with E-state index >= 15 is 0 Å². The highest BCUT2D eigenvalue weighted by atomic mass is 16.5. The van der Waals surface area contributed by atoms with Gasteiger partial charge in [0.05, 0.1) is 24.5 Å². The highest BCUT2D eigenvalue weighted by Gasteiger charge is 2.31. The molecule has 0 spiro atoms. The summed E-state index contributed by atoms with van der Waals surface area (Å²) >= 11 is 0. The summed E-state index contributed by atoms with van der Waals surface area (Å²) < 4.78 is 7.74. The van der Waals surface area contributed by atoms with Gasteiger partial charge in [-0.05, 0) is 42.8 Å². The van der Waals surface area contributed by atoms with Crippen LogP contribution in [0.2, 0.25) is 0 Å². The van der Waals surface area contributed by atoms with Gasteiger partial charge in [0.1, 0.15) is 5.75 Å². The number of aliphatic hydroxyl groups excluding tert-OH is 1. The number of benzene rings is 2. The van der Waals surface area contributed by atoms with Crippen molar-refractivity contribution in [3.63, 3.8) is 0 Å². The fourth-order valence-corrected chi connectivity index (χ4v) is 3.37. The minimum absolute atomic E-state index is 0.110. The lowest BCUT2D eigenvalue weighted by Crippen LogP contribution is -2.51. The van der Waals surface area contributed by atoms with E-state index in [2.05, 4.69) is 27.4 Å². The molecule has 0 bridgehead atoms. The Hall–Kier alpha value is -3.32. The van der Waals surface area contributed by atoms with Crippen LogP contribution < -0.4 is 15.0 Å².